The molecule has 7 heteroatoms. The lowest BCUT2D eigenvalue weighted by molar-refractivity contribution is -0.000979. The molecule has 96 valence electrons. The minimum atomic E-state index is 0.0856. The topological polar surface area (TPSA) is 60.7 Å². The lowest BCUT2D eigenvalue weighted by Crippen LogP contribution is -2.41. The monoisotopic (exact) mass is 312 g/mol. The van der Waals surface area contributed by atoms with E-state index in [1.54, 1.807) is 10.7 Å². The average molecular weight is 313 g/mol. The SMILES string of the molecule is Brc1cnc2ccc(OCC3CNCCO3)nn12. The van der Waals surface area contributed by atoms with E-state index in [1.165, 1.54) is 0 Å². The Morgan fingerprint density at radius 2 is 2.50 bits per heavy atom. The van der Waals surface area contributed by atoms with E-state index in [2.05, 4.69) is 31.3 Å². The number of fused-ring (bicyclic) bond motifs is 1. The van der Waals surface area contributed by atoms with E-state index >= 15 is 0 Å². The second-order valence-corrected chi connectivity index (χ2v) is 4.84. The molecule has 0 bridgehead atoms. The van der Waals surface area contributed by atoms with Crippen LogP contribution in [0.1, 0.15) is 0 Å². The molecule has 1 unspecified atom stereocenters. The number of imidazole rings is 1. The number of ether oxygens (including phenoxy) is 2. The van der Waals surface area contributed by atoms with Crippen LogP contribution < -0.4 is 10.1 Å². The Hall–Kier alpha value is -1.18. The molecule has 0 amide bonds. The van der Waals surface area contributed by atoms with Crippen LogP contribution in [0, 0.1) is 0 Å². The van der Waals surface area contributed by atoms with E-state index in [-0.39, 0.29) is 6.10 Å². The second-order valence-electron chi connectivity index (χ2n) is 4.03. The van der Waals surface area contributed by atoms with E-state index in [9.17, 15) is 0 Å². The summed E-state index contributed by atoms with van der Waals surface area (Å²) in [6.07, 6.45) is 1.79. The Kier molecular flexibility index (Phi) is 3.44. The summed E-state index contributed by atoms with van der Waals surface area (Å²) < 4.78 is 13.7. The predicted molar refractivity (Wildman–Crippen MR) is 68.8 cm³/mol. The van der Waals surface area contributed by atoms with E-state index in [0.29, 0.717) is 12.5 Å². The van der Waals surface area contributed by atoms with Crippen LogP contribution in [-0.4, -0.2) is 47.0 Å². The van der Waals surface area contributed by atoms with Gasteiger partial charge in [-0.05, 0) is 22.0 Å². The Morgan fingerprint density at radius 1 is 1.56 bits per heavy atom. The minimum absolute atomic E-state index is 0.0856. The van der Waals surface area contributed by atoms with Gasteiger partial charge in [0.2, 0.25) is 5.88 Å². The molecule has 1 saturated heterocycles. The van der Waals surface area contributed by atoms with Crippen molar-refractivity contribution in [3.63, 3.8) is 0 Å². The molecule has 0 spiro atoms. The summed E-state index contributed by atoms with van der Waals surface area (Å²) in [4.78, 5) is 4.17. The molecule has 0 aromatic carbocycles. The number of rotatable bonds is 3. The number of hydrogen-bond donors (Lipinski definition) is 1. The van der Waals surface area contributed by atoms with Crippen molar-refractivity contribution in [2.45, 2.75) is 6.10 Å². The third-order valence-electron chi connectivity index (χ3n) is 2.72. The fourth-order valence-corrected chi connectivity index (χ4v) is 2.17. The van der Waals surface area contributed by atoms with Gasteiger partial charge in [0.15, 0.2) is 5.65 Å². The highest BCUT2D eigenvalue weighted by molar-refractivity contribution is 9.10. The first-order chi connectivity index (χ1) is 8.83. The normalized spacial score (nSPS) is 20.2. The van der Waals surface area contributed by atoms with Gasteiger partial charge in [-0.1, -0.05) is 0 Å². The first kappa shape index (κ1) is 11.9. The summed E-state index contributed by atoms with van der Waals surface area (Å²) >= 11 is 3.38. The number of hydrogen-bond acceptors (Lipinski definition) is 5. The van der Waals surface area contributed by atoms with Gasteiger partial charge in [0, 0.05) is 19.2 Å². The van der Waals surface area contributed by atoms with Gasteiger partial charge in [-0.3, -0.25) is 0 Å². The van der Waals surface area contributed by atoms with Gasteiger partial charge < -0.3 is 14.8 Å². The zero-order valence-corrected chi connectivity index (χ0v) is 11.3. The molecule has 0 aliphatic carbocycles. The molecule has 3 rings (SSSR count). The molecule has 3 heterocycles. The van der Waals surface area contributed by atoms with Crippen molar-refractivity contribution < 1.29 is 9.47 Å². The summed E-state index contributed by atoms with van der Waals surface area (Å²) in [6.45, 7) is 2.95. The Labute approximate surface area is 112 Å². The highest BCUT2D eigenvalue weighted by Crippen LogP contribution is 2.15. The van der Waals surface area contributed by atoms with E-state index < -0.39 is 0 Å². The minimum Gasteiger partial charge on any atom is -0.474 e. The molecule has 2 aromatic rings. The van der Waals surface area contributed by atoms with Gasteiger partial charge in [-0.15, -0.1) is 5.10 Å². The number of halogens is 1. The maximum atomic E-state index is 5.63. The number of morpholine rings is 1. The summed E-state index contributed by atoms with van der Waals surface area (Å²) in [5.41, 5.74) is 0.782. The smallest absolute Gasteiger partial charge is 0.231 e. The van der Waals surface area contributed by atoms with Crippen molar-refractivity contribution in [1.82, 2.24) is 19.9 Å². The lowest BCUT2D eigenvalue weighted by Gasteiger charge is -2.23. The molecule has 6 nitrogen and oxygen atoms in total. The molecule has 1 aliphatic heterocycles. The standard InChI is InChI=1S/C11H13BrN4O2/c12-9-6-14-10-1-2-11(15-16(9)10)18-7-8-5-13-3-4-17-8/h1-2,6,8,13H,3-5,7H2. The van der Waals surface area contributed by atoms with Crippen LogP contribution in [-0.2, 0) is 4.74 Å². The number of nitrogens with one attached hydrogen (secondary N) is 1. The van der Waals surface area contributed by atoms with Gasteiger partial charge in [-0.25, -0.2) is 9.50 Å². The zero-order valence-electron chi connectivity index (χ0n) is 9.67. The van der Waals surface area contributed by atoms with Crippen molar-refractivity contribution in [3.8, 4) is 5.88 Å². The van der Waals surface area contributed by atoms with Crippen molar-refractivity contribution >= 4 is 21.6 Å². The molecule has 0 radical (unpaired) electrons. The summed E-state index contributed by atoms with van der Waals surface area (Å²) in [5, 5.41) is 7.59. The van der Waals surface area contributed by atoms with E-state index in [0.717, 1.165) is 29.9 Å². The van der Waals surface area contributed by atoms with Crippen molar-refractivity contribution in [1.29, 1.82) is 0 Å². The van der Waals surface area contributed by atoms with Crippen LogP contribution in [0.5, 0.6) is 5.88 Å². The third-order valence-corrected chi connectivity index (χ3v) is 3.26. The van der Waals surface area contributed by atoms with Crippen LogP contribution in [0.4, 0.5) is 0 Å². The average Bonchev–Trinajstić information content (AvgIpc) is 2.79. The molecule has 2 aromatic heterocycles. The van der Waals surface area contributed by atoms with Crippen LogP contribution >= 0.6 is 15.9 Å². The molecule has 1 aliphatic rings. The van der Waals surface area contributed by atoms with Crippen LogP contribution in [0.2, 0.25) is 0 Å². The molecule has 0 saturated carbocycles. The third kappa shape index (κ3) is 2.47. The number of aromatic nitrogens is 3. The van der Waals surface area contributed by atoms with Gasteiger partial charge in [0.25, 0.3) is 0 Å². The summed E-state index contributed by atoms with van der Waals surface area (Å²) in [7, 11) is 0. The maximum Gasteiger partial charge on any atom is 0.231 e. The van der Waals surface area contributed by atoms with E-state index in [4.69, 9.17) is 9.47 Å². The lowest BCUT2D eigenvalue weighted by atomic mass is 10.3. The van der Waals surface area contributed by atoms with Crippen LogP contribution in [0.15, 0.2) is 22.9 Å². The first-order valence-electron chi connectivity index (χ1n) is 5.78. The van der Waals surface area contributed by atoms with Crippen molar-refractivity contribution in [2.75, 3.05) is 26.3 Å². The van der Waals surface area contributed by atoms with Gasteiger partial charge in [-0.2, -0.15) is 0 Å². The maximum absolute atomic E-state index is 5.63. The molecule has 1 fully saturated rings. The first-order valence-corrected chi connectivity index (χ1v) is 6.57. The van der Waals surface area contributed by atoms with Gasteiger partial charge in [0.05, 0.1) is 12.8 Å². The Balaban J connectivity index is 1.68. The quantitative estimate of drug-likeness (QED) is 0.911. The van der Waals surface area contributed by atoms with Crippen LogP contribution in [0.3, 0.4) is 0 Å². The second kappa shape index (κ2) is 5.21. The molecular weight excluding hydrogens is 300 g/mol. The molecule has 18 heavy (non-hydrogen) atoms. The fourth-order valence-electron chi connectivity index (χ4n) is 1.81. The number of nitrogens with zero attached hydrogens (tertiary/aromatic N) is 3. The summed E-state index contributed by atoms with van der Waals surface area (Å²) in [6, 6.07) is 3.68. The Morgan fingerprint density at radius 3 is 3.33 bits per heavy atom. The fraction of sp³-hybridized carbons (Fsp3) is 0.455. The molecule has 1 atom stereocenters. The largest absolute Gasteiger partial charge is 0.474 e. The van der Waals surface area contributed by atoms with Crippen molar-refractivity contribution in [2.24, 2.45) is 0 Å². The van der Waals surface area contributed by atoms with Crippen molar-refractivity contribution in [3.05, 3.63) is 22.9 Å². The molecule has 1 N–H and O–H groups in total. The Bertz CT molecular complexity index is 539. The molecular formula is C11H13BrN4O2. The highest BCUT2D eigenvalue weighted by atomic mass is 79.9. The van der Waals surface area contributed by atoms with E-state index in [1.807, 2.05) is 12.1 Å². The zero-order chi connectivity index (χ0) is 12.4. The van der Waals surface area contributed by atoms with Gasteiger partial charge in [0.1, 0.15) is 17.3 Å². The van der Waals surface area contributed by atoms with Gasteiger partial charge >= 0.3 is 0 Å². The van der Waals surface area contributed by atoms with Crippen LogP contribution in [0.25, 0.3) is 5.65 Å². The summed E-state index contributed by atoms with van der Waals surface area (Å²) in [5.74, 6) is 0.565. The predicted octanol–water partition coefficient (Wildman–Crippen LogP) is 0.859. The highest BCUT2D eigenvalue weighted by Gasteiger charge is 2.14.